The highest BCUT2D eigenvalue weighted by atomic mass is 19.1. The van der Waals surface area contributed by atoms with Gasteiger partial charge in [0.2, 0.25) is 0 Å². The van der Waals surface area contributed by atoms with Gasteiger partial charge < -0.3 is 9.47 Å². The number of rotatable bonds is 6. The van der Waals surface area contributed by atoms with E-state index in [1.807, 2.05) is 55.2 Å². The van der Waals surface area contributed by atoms with E-state index >= 15 is 0 Å². The van der Waals surface area contributed by atoms with E-state index in [4.69, 9.17) is 19.4 Å². The molecular formula is C30H28F2N6O2. The summed E-state index contributed by atoms with van der Waals surface area (Å²) in [7, 11) is 1.65. The standard InChI is InChI=1S/C30H28F2N6O2/c1-17-18(2)35-30-28(34-17)27(24-9-6-22(31)13-25(24)32)36-29(37-30)20-10-11-40-26(12-20)21-14-33-38(16-21)15-19-4-7-23(39-3)8-5-19/h4-9,13-14,16,20,26H,10-12,15H2,1-3H3/t20-,26+/m1/s1. The summed E-state index contributed by atoms with van der Waals surface area (Å²) in [5.41, 5.74) is 4.76. The zero-order valence-corrected chi connectivity index (χ0v) is 22.4. The average molecular weight is 543 g/mol. The quantitative estimate of drug-likeness (QED) is 0.265. The topological polar surface area (TPSA) is 87.8 Å². The van der Waals surface area contributed by atoms with Gasteiger partial charge in [0, 0.05) is 35.9 Å². The first-order valence-electron chi connectivity index (χ1n) is 13.1. The van der Waals surface area contributed by atoms with Crippen molar-refractivity contribution in [1.82, 2.24) is 29.7 Å². The molecule has 1 aliphatic rings. The fourth-order valence-electron chi connectivity index (χ4n) is 4.99. The number of hydrogen-bond acceptors (Lipinski definition) is 7. The lowest BCUT2D eigenvalue weighted by Crippen LogP contribution is -2.20. The molecule has 2 atom stereocenters. The number of ether oxygens (including phenoxy) is 2. The third-order valence-corrected chi connectivity index (χ3v) is 7.32. The van der Waals surface area contributed by atoms with Crippen molar-refractivity contribution in [2.75, 3.05) is 13.7 Å². The van der Waals surface area contributed by atoms with Gasteiger partial charge in [-0.25, -0.2) is 28.7 Å². The summed E-state index contributed by atoms with van der Waals surface area (Å²) in [6, 6.07) is 11.3. The zero-order chi connectivity index (χ0) is 27.8. The maximum Gasteiger partial charge on any atom is 0.182 e. The van der Waals surface area contributed by atoms with Gasteiger partial charge >= 0.3 is 0 Å². The molecule has 2 aromatic carbocycles. The van der Waals surface area contributed by atoms with Crippen LogP contribution in [0.25, 0.3) is 22.4 Å². The van der Waals surface area contributed by atoms with Gasteiger partial charge in [-0.05, 0) is 56.5 Å². The molecule has 1 fully saturated rings. The zero-order valence-electron chi connectivity index (χ0n) is 22.4. The molecule has 40 heavy (non-hydrogen) atoms. The van der Waals surface area contributed by atoms with Crippen LogP contribution in [-0.2, 0) is 11.3 Å². The van der Waals surface area contributed by atoms with E-state index in [1.54, 1.807) is 7.11 Å². The highest BCUT2D eigenvalue weighted by Crippen LogP contribution is 2.38. The molecule has 0 bridgehead atoms. The SMILES string of the molecule is COc1ccc(Cn2cc([C@@H]3C[C@H](c4nc(-c5ccc(F)cc5F)c5nc(C)c(C)nc5n4)CCO3)cn2)cc1. The lowest BCUT2D eigenvalue weighted by atomic mass is 9.92. The van der Waals surface area contributed by atoms with Crippen LogP contribution in [0.1, 0.15) is 53.2 Å². The minimum absolute atomic E-state index is 0.0567. The third-order valence-electron chi connectivity index (χ3n) is 7.32. The van der Waals surface area contributed by atoms with E-state index in [0.29, 0.717) is 54.4 Å². The van der Waals surface area contributed by atoms with Crippen LogP contribution in [0.2, 0.25) is 0 Å². The molecule has 0 saturated carbocycles. The van der Waals surface area contributed by atoms with Crippen molar-refractivity contribution in [1.29, 1.82) is 0 Å². The van der Waals surface area contributed by atoms with Crippen LogP contribution in [-0.4, -0.2) is 43.4 Å². The Kier molecular flexibility index (Phi) is 6.93. The van der Waals surface area contributed by atoms with Crippen molar-refractivity contribution in [2.45, 2.75) is 45.3 Å². The lowest BCUT2D eigenvalue weighted by Gasteiger charge is -2.28. The summed E-state index contributed by atoms with van der Waals surface area (Å²) in [5.74, 6) is -0.0663. The lowest BCUT2D eigenvalue weighted by molar-refractivity contribution is 0.00397. The van der Waals surface area contributed by atoms with E-state index in [0.717, 1.165) is 28.6 Å². The average Bonchev–Trinajstić information content (AvgIpc) is 3.42. The molecule has 0 radical (unpaired) electrons. The van der Waals surface area contributed by atoms with Crippen LogP contribution in [0.3, 0.4) is 0 Å². The van der Waals surface area contributed by atoms with E-state index in [9.17, 15) is 8.78 Å². The molecule has 5 aromatic rings. The van der Waals surface area contributed by atoms with Gasteiger partial charge in [0.25, 0.3) is 0 Å². The van der Waals surface area contributed by atoms with E-state index < -0.39 is 11.6 Å². The molecule has 0 N–H and O–H groups in total. The van der Waals surface area contributed by atoms with Gasteiger partial charge in [-0.3, -0.25) is 4.68 Å². The molecule has 8 nitrogen and oxygen atoms in total. The molecule has 0 amide bonds. The molecule has 10 heteroatoms. The van der Waals surface area contributed by atoms with Crippen LogP contribution in [0.5, 0.6) is 5.75 Å². The van der Waals surface area contributed by atoms with Gasteiger partial charge in [-0.15, -0.1) is 0 Å². The minimum Gasteiger partial charge on any atom is -0.497 e. The van der Waals surface area contributed by atoms with Crippen LogP contribution in [0.4, 0.5) is 8.78 Å². The summed E-state index contributed by atoms with van der Waals surface area (Å²) in [4.78, 5) is 18.8. The summed E-state index contributed by atoms with van der Waals surface area (Å²) < 4.78 is 41.9. The third kappa shape index (κ3) is 5.14. The number of nitrogens with zero attached hydrogens (tertiary/aromatic N) is 6. The van der Waals surface area contributed by atoms with Crippen molar-refractivity contribution in [3.05, 3.63) is 94.8 Å². The molecule has 0 spiro atoms. The fraction of sp³-hybridized carbons (Fsp3) is 0.300. The predicted octanol–water partition coefficient (Wildman–Crippen LogP) is 5.87. The van der Waals surface area contributed by atoms with Gasteiger partial charge in [-0.1, -0.05) is 12.1 Å². The van der Waals surface area contributed by atoms with Crippen molar-refractivity contribution in [3.8, 4) is 17.0 Å². The van der Waals surface area contributed by atoms with Crippen molar-refractivity contribution in [2.24, 2.45) is 0 Å². The van der Waals surface area contributed by atoms with Crippen LogP contribution >= 0.6 is 0 Å². The van der Waals surface area contributed by atoms with Gasteiger partial charge in [0.1, 0.15) is 34.4 Å². The fourth-order valence-corrected chi connectivity index (χ4v) is 4.99. The number of aryl methyl sites for hydroxylation is 2. The molecule has 0 aliphatic carbocycles. The second kappa shape index (κ2) is 10.7. The number of halogens is 2. The molecule has 4 heterocycles. The van der Waals surface area contributed by atoms with E-state index in [1.165, 1.54) is 12.1 Å². The Labute approximate surface area is 230 Å². The molecular weight excluding hydrogens is 514 g/mol. The number of benzene rings is 2. The summed E-state index contributed by atoms with van der Waals surface area (Å²) in [6.07, 6.45) is 4.96. The first kappa shape index (κ1) is 25.9. The number of methoxy groups -OCH3 is 1. The summed E-state index contributed by atoms with van der Waals surface area (Å²) >= 11 is 0. The second-order valence-corrected chi connectivity index (χ2v) is 10.0. The number of fused-ring (bicyclic) bond motifs is 1. The Morgan fingerprint density at radius 3 is 2.58 bits per heavy atom. The molecule has 1 saturated heterocycles. The van der Waals surface area contributed by atoms with E-state index in [-0.39, 0.29) is 17.6 Å². The molecule has 3 aromatic heterocycles. The minimum atomic E-state index is -0.708. The Morgan fingerprint density at radius 2 is 1.80 bits per heavy atom. The molecule has 204 valence electrons. The molecule has 0 unspecified atom stereocenters. The largest absolute Gasteiger partial charge is 0.497 e. The van der Waals surface area contributed by atoms with E-state index in [2.05, 4.69) is 15.1 Å². The summed E-state index contributed by atoms with van der Waals surface area (Å²) in [6.45, 7) is 4.82. The maximum absolute atomic E-state index is 14.9. The Hall–Kier alpha value is -4.31. The van der Waals surface area contributed by atoms with Crippen LogP contribution in [0, 0.1) is 25.5 Å². The van der Waals surface area contributed by atoms with Crippen molar-refractivity contribution in [3.63, 3.8) is 0 Å². The summed E-state index contributed by atoms with van der Waals surface area (Å²) in [5, 5.41) is 4.54. The van der Waals surface area contributed by atoms with Crippen molar-refractivity contribution < 1.29 is 18.3 Å². The van der Waals surface area contributed by atoms with Crippen LogP contribution in [0.15, 0.2) is 54.9 Å². The van der Waals surface area contributed by atoms with Crippen molar-refractivity contribution >= 4 is 11.2 Å². The highest BCUT2D eigenvalue weighted by Gasteiger charge is 2.29. The normalized spacial score (nSPS) is 17.3. The maximum atomic E-state index is 14.9. The van der Waals surface area contributed by atoms with Gasteiger partial charge in [-0.2, -0.15) is 5.10 Å². The number of aromatic nitrogens is 6. The second-order valence-electron chi connectivity index (χ2n) is 10.0. The van der Waals surface area contributed by atoms with Gasteiger partial charge in [0.05, 0.1) is 37.3 Å². The predicted molar refractivity (Wildman–Crippen MR) is 145 cm³/mol. The highest BCUT2D eigenvalue weighted by molar-refractivity contribution is 5.87. The Balaban J connectivity index is 1.30. The van der Waals surface area contributed by atoms with Crippen LogP contribution < -0.4 is 4.74 Å². The first-order chi connectivity index (χ1) is 19.4. The smallest absolute Gasteiger partial charge is 0.182 e. The first-order valence-corrected chi connectivity index (χ1v) is 13.1. The number of hydrogen-bond donors (Lipinski definition) is 0. The Morgan fingerprint density at radius 1 is 1.00 bits per heavy atom. The molecule has 6 rings (SSSR count). The van der Waals surface area contributed by atoms with Gasteiger partial charge in [0.15, 0.2) is 5.65 Å². The molecule has 1 aliphatic heterocycles. The monoisotopic (exact) mass is 542 g/mol. The Bertz CT molecular complexity index is 1690.